The number of nitrogens with one attached hydrogen (secondary N) is 1. The fourth-order valence-electron chi connectivity index (χ4n) is 3.15. The summed E-state index contributed by atoms with van der Waals surface area (Å²) >= 11 is 1.54. The maximum absolute atomic E-state index is 12.3. The van der Waals surface area contributed by atoms with Crippen molar-refractivity contribution in [2.24, 2.45) is 5.92 Å². The Bertz CT molecular complexity index is 578. The molecule has 1 atom stereocenters. The lowest BCUT2D eigenvalue weighted by Crippen LogP contribution is -2.46. The number of amides is 2. The number of nitrogens with zero attached hydrogens (tertiary/aromatic N) is 3. The predicted octanol–water partition coefficient (Wildman–Crippen LogP) is 1.13. The summed E-state index contributed by atoms with van der Waals surface area (Å²) in [6.07, 6.45) is 3.80. The SMILES string of the molecule is CCc1nnc(CNC(=O)C2CCN(C(=O)[C@@H]3CCCO3)CC2)s1. The van der Waals surface area contributed by atoms with Crippen molar-refractivity contribution in [2.45, 2.75) is 51.7 Å². The second kappa shape index (κ2) is 8.02. The number of likely N-dealkylation sites (tertiary alicyclic amines) is 1. The van der Waals surface area contributed by atoms with Crippen LogP contribution >= 0.6 is 11.3 Å². The highest BCUT2D eigenvalue weighted by Gasteiger charge is 2.32. The maximum Gasteiger partial charge on any atom is 0.251 e. The number of carbonyl (C=O) groups is 2. The van der Waals surface area contributed by atoms with Gasteiger partial charge in [-0.2, -0.15) is 0 Å². The molecule has 2 amide bonds. The van der Waals surface area contributed by atoms with Gasteiger partial charge in [-0.25, -0.2) is 0 Å². The summed E-state index contributed by atoms with van der Waals surface area (Å²) in [7, 11) is 0. The van der Waals surface area contributed by atoms with Crippen LogP contribution < -0.4 is 5.32 Å². The van der Waals surface area contributed by atoms with Gasteiger partial charge in [0.15, 0.2) is 0 Å². The van der Waals surface area contributed by atoms with E-state index in [0.717, 1.165) is 29.3 Å². The molecular formula is C16H24N4O3S. The van der Waals surface area contributed by atoms with E-state index in [1.807, 2.05) is 11.8 Å². The molecule has 0 spiro atoms. The highest BCUT2D eigenvalue weighted by Crippen LogP contribution is 2.21. The molecule has 1 N–H and O–H groups in total. The number of aryl methyl sites for hydroxylation is 1. The van der Waals surface area contributed by atoms with Gasteiger partial charge in [0, 0.05) is 25.6 Å². The Labute approximate surface area is 145 Å². The lowest BCUT2D eigenvalue weighted by Gasteiger charge is -2.32. The Morgan fingerprint density at radius 2 is 2.00 bits per heavy atom. The van der Waals surface area contributed by atoms with Gasteiger partial charge in [0.25, 0.3) is 5.91 Å². The normalized spacial score (nSPS) is 21.9. The highest BCUT2D eigenvalue weighted by atomic mass is 32.1. The van der Waals surface area contributed by atoms with E-state index in [1.165, 1.54) is 11.3 Å². The minimum atomic E-state index is -0.263. The Morgan fingerprint density at radius 1 is 1.25 bits per heavy atom. The lowest BCUT2D eigenvalue weighted by molar-refractivity contribution is -0.143. The summed E-state index contributed by atoms with van der Waals surface area (Å²) in [5.41, 5.74) is 0. The largest absolute Gasteiger partial charge is 0.368 e. The minimum absolute atomic E-state index is 0.0305. The Balaban J connectivity index is 1.42. The molecule has 0 aliphatic carbocycles. The molecule has 2 fully saturated rings. The van der Waals surface area contributed by atoms with Gasteiger partial charge in [-0.1, -0.05) is 18.3 Å². The zero-order valence-electron chi connectivity index (χ0n) is 14.0. The van der Waals surface area contributed by atoms with E-state index in [9.17, 15) is 9.59 Å². The van der Waals surface area contributed by atoms with Crippen molar-refractivity contribution in [2.75, 3.05) is 19.7 Å². The van der Waals surface area contributed by atoms with Crippen LogP contribution in [0.4, 0.5) is 0 Å². The van der Waals surface area contributed by atoms with E-state index in [4.69, 9.17) is 4.74 Å². The number of aromatic nitrogens is 2. The zero-order chi connectivity index (χ0) is 16.9. The zero-order valence-corrected chi connectivity index (χ0v) is 14.8. The summed E-state index contributed by atoms with van der Waals surface area (Å²) in [6, 6.07) is 0. The molecule has 2 aliphatic rings. The number of hydrogen-bond donors (Lipinski definition) is 1. The summed E-state index contributed by atoms with van der Waals surface area (Å²) in [5.74, 6) is 0.108. The van der Waals surface area contributed by atoms with Crippen LogP contribution in [-0.4, -0.2) is 52.7 Å². The van der Waals surface area contributed by atoms with E-state index < -0.39 is 0 Å². The molecule has 132 valence electrons. The Kier molecular flexibility index (Phi) is 5.78. The van der Waals surface area contributed by atoms with Crippen LogP contribution in [0.15, 0.2) is 0 Å². The van der Waals surface area contributed by atoms with Gasteiger partial charge in [0.05, 0.1) is 6.54 Å². The molecule has 3 rings (SSSR count). The van der Waals surface area contributed by atoms with Gasteiger partial charge in [-0.05, 0) is 32.1 Å². The number of rotatable bonds is 5. The first-order valence-corrected chi connectivity index (χ1v) is 9.48. The molecule has 0 unspecified atom stereocenters. The molecule has 3 heterocycles. The van der Waals surface area contributed by atoms with Gasteiger partial charge in [0.1, 0.15) is 16.1 Å². The van der Waals surface area contributed by atoms with Crippen LogP contribution in [0.1, 0.15) is 42.6 Å². The van der Waals surface area contributed by atoms with Crippen molar-refractivity contribution in [1.29, 1.82) is 0 Å². The van der Waals surface area contributed by atoms with Crippen molar-refractivity contribution < 1.29 is 14.3 Å². The first-order valence-electron chi connectivity index (χ1n) is 8.66. The van der Waals surface area contributed by atoms with E-state index >= 15 is 0 Å². The quantitative estimate of drug-likeness (QED) is 0.859. The van der Waals surface area contributed by atoms with Gasteiger partial charge < -0.3 is 15.0 Å². The van der Waals surface area contributed by atoms with E-state index in [2.05, 4.69) is 15.5 Å². The van der Waals surface area contributed by atoms with Crippen LogP contribution in [0.5, 0.6) is 0 Å². The van der Waals surface area contributed by atoms with Crippen LogP contribution in [0.3, 0.4) is 0 Å². The van der Waals surface area contributed by atoms with Crippen molar-refractivity contribution in [3.05, 3.63) is 10.0 Å². The predicted molar refractivity (Wildman–Crippen MR) is 89.4 cm³/mol. The molecular weight excluding hydrogens is 328 g/mol. The molecule has 0 aromatic carbocycles. The fourth-order valence-corrected chi connectivity index (χ4v) is 3.87. The fraction of sp³-hybridized carbons (Fsp3) is 0.750. The smallest absolute Gasteiger partial charge is 0.251 e. The molecule has 24 heavy (non-hydrogen) atoms. The third-order valence-electron chi connectivity index (χ3n) is 4.61. The van der Waals surface area contributed by atoms with E-state index in [-0.39, 0.29) is 23.8 Å². The number of carbonyl (C=O) groups excluding carboxylic acids is 2. The summed E-state index contributed by atoms with van der Waals surface area (Å²) in [4.78, 5) is 26.4. The van der Waals surface area contributed by atoms with Crippen molar-refractivity contribution in [3.8, 4) is 0 Å². The van der Waals surface area contributed by atoms with Gasteiger partial charge in [-0.15, -0.1) is 10.2 Å². The molecule has 1 aromatic heterocycles. The van der Waals surface area contributed by atoms with Crippen molar-refractivity contribution in [3.63, 3.8) is 0 Å². The van der Waals surface area contributed by atoms with Crippen LogP contribution in [-0.2, 0) is 27.3 Å². The summed E-state index contributed by atoms with van der Waals surface area (Å²) < 4.78 is 5.46. The third kappa shape index (κ3) is 4.10. The number of piperidine rings is 1. The molecule has 2 saturated heterocycles. The lowest BCUT2D eigenvalue weighted by atomic mass is 9.95. The first-order chi connectivity index (χ1) is 11.7. The topological polar surface area (TPSA) is 84.4 Å². The first kappa shape index (κ1) is 17.3. The van der Waals surface area contributed by atoms with Gasteiger partial charge >= 0.3 is 0 Å². The molecule has 0 saturated carbocycles. The average molecular weight is 352 g/mol. The van der Waals surface area contributed by atoms with Crippen molar-refractivity contribution >= 4 is 23.2 Å². The molecule has 1 aromatic rings. The summed E-state index contributed by atoms with van der Waals surface area (Å²) in [6.45, 7) is 4.42. The standard InChI is InChI=1S/C16H24N4O3S/c1-2-13-18-19-14(24-13)10-17-15(21)11-5-7-20(8-6-11)16(22)12-4-3-9-23-12/h11-12H,2-10H2,1H3,(H,17,21)/t12-/m0/s1. The molecule has 0 radical (unpaired) electrons. The van der Waals surface area contributed by atoms with Crippen molar-refractivity contribution in [1.82, 2.24) is 20.4 Å². The molecule has 8 heteroatoms. The second-order valence-corrected chi connectivity index (χ2v) is 7.41. The van der Waals surface area contributed by atoms with Crippen LogP contribution in [0.25, 0.3) is 0 Å². The van der Waals surface area contributed by atoms with Crippen LogP contribution in [0.2, 0.25) is 0 Å². The van der Waals surface area contributed by atoms with Gasteiger partial charge in [0.2, 0.25) is 5.91 Å². The second-order valence-electron chi connectivity index (χ2n) is 6.26. The van der Waals surface area contributed by atoms with Crippen LogP contribution in [0, 0.1) is 5.92 Å². The average Bonchev–Trinajstić information content (AvgIpc) is 3.30. The Morgan fingerprint density at radius 3 is 2.62 bits per heavy atom. The molecule has 0 bridgehead atoms. The van der Waals surface area contributed by atoms with E-state index in [1.54, 1.807) is 0 Å². The minimum Gasteiger partial charge on any atom is -0.368 e. The monoisotopic (exact) mass is 352 g/mol. The third-order valence-corrected chi connectivity index (χ3v) is 5.68. The van der Waals surface area contributed by atoms with E-state index in [0.29, 0.717) is 39.1 Å². The molecule has 2 aliphatic heterocycles. The number of hydrogen-bond acceptors (Lipinski definition) is 6. The maximum atomic E-state index is 12.3. The highest BCUT2D eigenvalue weighted by molar-refractivity contribution is 7.11. The van der Waals surface area contributed by atoms with Gasteiger partial charge in [-0.3, -0.25) is 9.59 Å². The molecule has 7 nitrogen and oxygen atoms in total. The number of ether oxygens (including phenoxy) is 1. The Hall–Kier alpha value is -1.54. The summed E-state index contributed by atoms with van der Waals surface area (Å²) in [5, 5.41) is 12.9.